The molecule has 0 fully saturated rings. The van der Waals surface area contributed by atoms with Gasteiger partial charge >= 0.3 is 0 Å². The van der Waals surface area contributed by atoms with Gasteiger partial charge in [-0.2, -0.15) is 0 Å². The van der Waals surface area contributed by atoms with Crippen LogP contribution >= 0.6 is 0 Å². The van der Waals surface area contributed by atoms with E-state index in [9.17, 15) is 0 Å². The summed E-state index contributed by atoms with van der Waals surface area (Å²) in [7, 11) is 5.39. The Morgan fingerprint density at radius 2 is 1.91 bits per heavy atom. The van der Waals surface area contributed by atoms with Gasteiger partial charge in [0.25, 0.3) is 0 Å². The molecule has 0 amide bonds. The number of hydrogen-bond acceptors (Lipinski definition) is 1. The van der Waals surface area contributed by atoms with E-state index in [1.54, 1.807) is 0 Å². The van der Waals surface area contributed by atoms with E-state index < -0.39 is 0 Å². The average molecular weight is 151 g/mol. The SMILES string of the molecule is [B]C(=C)NC(C)CCC(C)C. The quantitative estimate of drug-likeness (QED) is 0.593. The summed E-state index contributed by atoms with van der Waals surface area (Å²) < 4.78 is 0. The third kappa shape index (κ3) is 7.50. The molecule has 0 spiro atoms. The van der Waals surface area contributed by atoms with E-state index in [1.165, 1.54) is 6.42 Å². The van der Waals surface area contributed by atoms with Crippen LogP contribution in [0.2, 0.25) is 0 Å². The van der Waals surface area contributed by atoms with E-state index in [1.807, 2.05) is 0 Å². The third-order valence-corrected chi connectivity index (χ3v) is 1.61. The van der Waals surface area contributed by atoms with Crippen LogP contribution in [0.3, 0.4) is 0 Å². The van der Waals surface area contributed by atoms with E-state index in [0.717, 1.165) is 12.3 Å². The van der Waals surface area contributed by atoms with Gasteiger partial charge in [-0.1, -0.05) is 20.4 Å². The lowest BCUT2D eigenvalue weighted by Crippen LogP contribution is -2.25. The highest BCUT2D eigenvalue weighted by atomic mass is 14.9. The predicted molar refractivity (Wildman–Crippen MR) is 51.6 cm³/mol. The van der Waals surface area contributed by atoms with Crippen molar-refractivity contribution >= 4 is 7.85 Å². The molecule has 0 saturated heterocycles. The zero-order valence-electron chi connectivity index (χ0n) is 7.85. The molecule has 2 heteroatoms. The van der Waals surface area contributed by atoms with Gasteiger partial charge in [-0.15, -0.1) is 0 Å². The van der Waals surface area contributed by atoms with Crippen LogP contribution in [0, 0.1) is 5.92 Å². The highest BCUT2D eigenvalue weighted by molar-refractivity contribution is 6.20. The molecule has 0 aromatic heterocycles. The molecule has 0 aliphatic rings. The van der Waals surface area contributed by atoms with Crippen LogP contribution in [-0.2, 0) is 0 Å². The van der Waals surface area contributed by atoms with Crippen molar-refractivity contribution in [3.05, 3.63) is 12.2 Å². The first-order valence-electron chi connectivity index (χ1n) is 4.23. The first-order valence-corrected chi connectivity index (χ1v) is 4.23. The molecule has 0 aliphatic heterocycles. The first-order chi connectivity index (χ1) is 5.02. The standard InChI is InChI=1S/C9H18BN/c1-7(2)5-6-8(3)11-9(4)10/h7-8,11H,4-6H2,1-3H3. The normalized spacial score (nSPS) is 13.1. The molecule has 0 saturated carbocycles. The van der Waals surface area contributed by atoms with Crippen molar-refractivity contribution in [3.8, 4) is 0 Å². The second kappa shape index (κ2) is 5.28. The molecule has 1 unspecified atom stereocenters. The van der Waals surface area contributed by atoms with Crippen molar-refractivity contribution in [1.29, 1.82) is 0 Å². The number of rotatable bonds is 5. The lowest BCUT2D eigenvalue weighted by Gasteiger charge is -2.15. The summed E-state index contributed by atoms with van der Waals surface area (Å²) in [5.74, 6) is 0.769. The second-order valence-electron chi connectivity index (χ2n) is 3.54. The lowest BCUT2D eigenvalue weighted by atomic mass is 10.0. The van der Waals surface area contributed by atoms with Gasteiger partial charge in [0, 0.05) is 6.04 Å². The topological polar surface area (TPSA) is 12.0 Å². The molecule has 0 bridgehead atoms. The Bertz CT molecular complexity index is 121. The van der Waals surface area contributed by atoms with E-state index >= 15 is 0 Å². The van der Waals surface area contributed by atoms with E-state index in [0.29, 0.717) is 11.6 Å². The Morgan fingerprint density at radius 1 is 1.36 bits per heavy atom. The minimum atomic E-state index is 0.454. The second-order valence-corrected chi connectivity index (χ2v) is 3.54. The average Bonchev–Trinajstić information content (AvgIpc) is 1.82. The molecule has 1 N–H and O–H groups in total. The number of hydrogen-bond donors (Lipinski definition) is 1. The largest absolute Gasteiger partial charge is 0.395 e. The van der Waals surface area contributed by atoms with Crippen LogP contribution in [0.4, 0.5) is 0 Å². The maximum Gasteiger partial charge on any atom is 0.137 e. The van der Waals surface area contributed by atoms with Crippen LogP contribution in [0.5, 0.6) is 0 Å². The molecule has 0 rings (SSSR count). The molecule has 1 atom stereocenters. The Balaban J connectivity index is 3.37. The highest BCUT2D eigenvalue weighted by Gasteiger charge is 2.01. The Hall–Kier alpha value is -0.395. The fraction of sp³-hybridized carbons (Fsp3) is 0.778. The van der Waals surface area contributed by atoms with Gasteiger partial charge in [-0.3, -0.25) is 0 Å². The van der Waals surface area contributed by atoms with Crippen LogP contribution in [0.1, 0.15) is 33.6 Å². The molecule has 1 nitrogen and oxygen atoms in total. The van der Waals surface area contributed by atoms with Crippen LogP contribution in [-0.4, -0.2) is 13.9 Å². The van der Waals surface area contributed by atoms with Crippen molar-refractivity contribution in [1.82, 2.24) is 5.32 Å². The maximum atomic E-state index is 5.39. The smallest absolute Gasteiger partial charge is 0.137 e. The Labute approximate surface area is 71.7 Å². The van der Waals surface area contributed by atoms with Crippen LogP contribution in [0.25, 0.3) is 0 Å². The van der Waals surface area contributed by atoms with Gasteiger partial charge in [0.05, 0.1) is 0 Å². The minimum Gasteiger partial charge on any atom is -0.395 e. The minimum absolute atomic E-state index is 0.454. The van der Waals surface area contributed by atoms with Crippen molar-refractivity contribution in [2.24, 2.45) is 5.92 Å². The van der Waals surface area contributed by atoms with Crippen LogP contribution in [0.15, 0.2) is 12.2 Å². The number of nitrogens with one attached hydrogen (secondary N) is 1. The molecule has 2 radical (unpaired) electrons. The van der Waals surface area contributed by atoms with Crippen LogP contribution < -0.4 is 5.32 Å². The summed E-state index contributed by atoms with van der Waals surface area (Å²) in [6.07, 6.45) is 2.40. The van der Waals surface area contributed by atoms with Crippen molar-refractivity contribution in [3.63, 3.8) is 0 Å². The molecule has 11 heavy (non-hydrogen) atoms. The summed E-state index contributed by atoms with van der Waals surface area (Å²) in [6, 6.07) is 0.454. The van der Waals surface area contributed by atoms with Gasteiger partial charge in [0.1, 0.15) is 7.85 Å². The van der Waals surface area contributed by atoms with E-state index in [4.69, 9.17) is 7.85 Å². The molecule has 0 aliphatic carbocycles. The summed E-state index contributed by atoms with van der Waals surface area (Å²) in [5.41, 5.74) is 0.571. The fourth-order valence-electron chi connectivity index (χ4n) is 0.972. The van der Waals surface area contributed by atoms with Gasteiger partial charge < -0.3 is 5.32 Å². The lowest BCUT2D eigenvalue weighted by molar-refractivity contribution is 0.482. The highest BCUT2D eigenvalue weighted by Crippen LogP contribution is 2.06. The molecule has 0 aromatic carbocycles. The monoisotopic (exact) mass is 151 g/mol. The molecular weight excluding hydrogens is 133 g/mol. The third-order valence-electron chi connectivity index (χ3n) is 1.61. The van der Waals surface area contributed by atoms with E-state index in [-0.39, 0.29) is 0 Å². The summed E-state index contributed by atoms with van der Waals surface area (Å²) in [4.78, 5) is 0. The molecule has 0 heterocycles. The van der Waals surface area contributed by atoms with Gasteiger partial charge in [-0.05, 0) is 31.3 Å². The zero-order chi connectivity index (χ0) is 8.85. The summed E-state index contributed by atoms with van der Waals surface area (Å²) >= 11 is 0. The van der Waals surface area contributed by atoms with Crippen molar-refractivity contribution < 1.29 is 0 Å². The van der Waals surface area contributed by atoms with Crippen molar-refractivity contribution in [2.45, 2.75) is 39.7 Å². The summed E-state index contributed by atoms with van der Waals surface area (Å²) in [6.45, 7) is 10.2. The van der Waals surface area contributed by atoms with Gasteiger partial charge in [-0.25, -0.2) is 0 Å². The molecular formula is C9H18BN. The zero-order valence-corrected chi connectivity index (χ0v) is 7.85. The molecule has 0 aromatic rings. The van der Waals surface area contributed by atoms with Crippen molar-refractivity contribution in [2.75, 3.05) is 0 Å². The summed E-state index contributed by atoms with van der Waals surface area (Å²) in [5, 5.41) is 3.08. The fourth-order valence-corrected chi connectivity index (χ4v) is 0.972. The Morgan fingerprint density at radius 3 is 2.27 bits per heavy atom. The Kier molecular flexibility index (Phi) is 5.09. The maximum absolute atomic E-state index is 5.39. The first kappa shape index (κ1) is 10.6. The predicted octanol–water partition coefficient (Wildman–Crippen LogP) is 2.04. The molecule has 62 valence electrons. The van der Waals surface area contributed by atoms with Gasteiger partial charge in [0.2, 0.25) is 0 Å². The van der Waals surface area contributed by atoms with Gasteiger partial charge in [0.15, 0.2) is 0 Å². The van der Waals surface area contributed by atoms with E-state index in [2.05, 4.69) is 32.7 Å².